The Kier molecular flexibility index (Phi) is 21.5. The van der Waals surface area contributed by atoms with Crippen LogP contribution in [0.4, 0.5) is 0 Å². The maximum atomic E-state index is 8.69. The van der Waals surface area contributed by atoms with Crippen molar-refractivity contribution in [1.82, 2.24) is 15.1 Å². The molecule has 0 unspecified atom stereocenters. The van der Waals surface area contributed by atoms with Crippen LogP contribution in [0.2, 0.25) is 0 Å². The van der Waals surface area contributed by atoms with Crippen LogP contribution in [0.5, 0.6) is 0 Å². The summed E-state index contributed by atoms with van der Waals surface area (Å²) in [5.41, 5.74) is 0. The van der Waals surface area contributed by atoms with Crippen LogP contribution in [0.1, 0.15) is 0 Å². The molecule has 27 heavy (non-hydrogen) atoms. The smallest absolute Gasteiger partial charge is 0.143 e. The van der Waals surface area contributed by atoms with E-state index in [4.69, 9.17) is 39.4 Å². The second-order valence-electron chi connectivity index (χ2n) is 5.58. The summed E-state index contributed by atoms with van der Waals surface area (Å²) in [5.74, 6) is 0. The Balaban J connectivity index is 3.97. The maximum Gasteiger partial charge on any atom is 0.143 e. The average molecular weight is 399 g/mol. The number of aliphatic hydroxyl groups excluding tert-OH is 4. The van der Waals surface area contributed by atoms with E-state index < -0.39 is 0 Å². The summed E-state index contributed by atoms with van der Waals surface area (Å²) in [7, 11) is 0. The van der Waals surface area contributed by atoms with Crippen LogP contribution in [0, 0.1) is 0 Å². The first-order valence-electron chi connectivity index (χ1n) is 9.18. The molecule has 0 aliphatic carbocycles. The van der Waals surface area contributed by atoms with Crippen LogP contribution in [-0.2, 0) is 18.9 Å². The topological polar surface area (TPSA) is 136 Å². The lowest BCUT2D eigenvalue weighted by atomic mass is 10.4. The number of rotatable bonds is 22. The van der Waals surface area contributed by atoms with Crippen LogP contribution in [0.25, 0.3) is 0 Å². The summed E-state index contributed by atoms with van der Waals surface area (Å²) < 4.78 is 19.8. The van der Waals surface area contributed by atoms with Crippen LogP contribution in [-0.4, -0.2) is 136 Å². The molecule has 0 rings (SSSR count). The maximum absolute atomic E-state index is 8.69. The number of nitrogens with one attached hydrogen (secondary N) is 1. The molecule has 0 aliphatic rings. The summed E-state index contributed by atoms with van der Waals surface area (Å²) in [5, 5.41) is 38.1. The van der Waals surface area contributed by atoms with Crippen molar-refractivity contribution >= 4 is 0 Å². The molecule has 11 nitrogen and oxygen atoms in total. The highest BCUT2D eigenvalue weighted by Crippen LogP contribution is 1.91. The summed E-state index contributed by atoms with van der Waals surface area (Å²) in [6, 6.07) is 0. The van der Waals surface area contributed by atoms with Gasteiger partial charge in [0.25, 0.3) is 0 Å². The van der Waals surface area contributed by atoms with Crippen molar-refractivity contribution in [2.24, 2.45) is 0 Å². The van der Waals surface area contributed by atoms with Crippen molar-refractivity contribution in [2.45, 2.75) is 0 Å². The second kappa shape index (κ2) is 21.9. The summed E-state index contributed by atoms with van der Waals surface area (Å²) >= 11 is 0. The fourth-order valence-electron chi connectivity index (χ4n) is 2.30. The molecule has 0 heterocycles. The van der Waals surface area contributed by atoms with Gasteiger partial charge in [0.1, 0.15) is 27.2 Å². The first kappa shape index (κ1) is 26.6. The van der Waals surface area contributed by atoms with E-state index in [1.54, 1.807) is 0 Å². The highest BCUT2D eigenvalue weighted by atomic mass is 16.6. The summed E-state index contributed by atoms with van der Waals surface area (Å²) in [6.07, 6.45) is 0. The highest BCUT2D eigenvalue weighted by Gasteiger charge is 2.07. The van der Waals surface area contributed by atoms with Crippen molar-refractivity contribution in [2.75, 3.05) is 106 Å². The van der Waals surface area contributed by atoms with E-state index >= 15 is 0 Å². The monoisotopic (exact) mass is 399 g/mol. The molecule has 0 bridgehead atoms. The molecule has 5 N–H and O–H groups in total. The van der Waals surface area contributed by atoms with E-state index in [0.29, 0.717) is 52.6 Å². The number of nitrogens with zero attached hydrogens (tertiary/aromatic N) is 2. The van der Waals surface area contributed by atoms with Gasteiger partial charge in [-0.1, -0.05) is 0 Å². The molecule has 0 aromatic carbocycles. The Bertz CT molecular complexity index is 246. The van der Waals surface area contributed by atoms with Crippen molar-refractivity contribution in [3.63, 3.8) is 0 Å². The SMILES string of the molecule is OCOCCN(CCNCCN(CCOCO)CCOCO)CCOCO. The van der Waals surface area contributed by atoms with Gasteiger partial charge in [0.2, 0.25) is 0 Å². The third-order valence-corrected chi connectivity index (χ3v) is 3.78. The lowest BCUT2D eigenvalue weighted by Gasteiger charge is -2.24. The molecule has 0 saturated heterocycles. The van der Waals surface area contributed by atoms with Gasteiger partial charge in [-0.2, -0.15) is 0 Å². The summed E-state index contributed by atoms with van der Waals surface area (Å²) in [6.45, 7) is 6.31. The third-order valence-electron chi connectivity index (χ3n) is 3.78. The van der Waals surface area contributed by atoms with Gasteiger partial charge in [-0.25, -0.2) is 0 Å². The molecule has 0 aliphatic heterocycles. The van der Waals surface area contributed by atoms with E-state index in [-0.39, 0.29) is 27.2 Å². The molecule has 0 aromatic rings. The van der Waals surface area contributed by atoms with Gasteiger partial charge in [-0.3, -0.25) is 9.80 Å². The fraction of sp³-hybridized carbons (Fsp3) is 1.00. The predicted molar refractivity (Wildman–Crippen MR) is 97.9 cm³/mol. The minimum absolute atomic E-state index is 0.297. The molecule has 0 radical (unpaired) electrons. The number of hydrogen-bond acceptors (Lipinski definition) is 11. The molecule has 164 valence electrons. The van der Waals surface area contributed by atoms with Gasteiger partial charge in [-0.05, 0) is 0 Å². The average Bonchev–Trinajstić information content (AvgIpc) is 2.67. The molecule has 0 saturated carbocycles. The van der Waals surface area contributed by atoms with E-state index in [0.717, 1.165) is 26.2 Å². The van der Waals surface area contributed by atoms with E-state index in [2.05, 4.69) is 15.1 Å². The van der Waals surface area contributed by atoms with Gasteiger partial charge in [-0.15, -0.1) is 0 Å². The Morgan fingerprint density at radius 1 is 0.481 bits per heavy atom. The third kappa shape index (κ3) is 18.7. The minimum atomic E-state index is -0.297. The van der Waals surface area contributed by atoms with Crippen molar-refractivity contribution < 1.29 is 39.4 Å². The minimum Gasteiger partial charge on any atom is -0.371 e. The quantitative estimate of drug-likeness (QED) is 0.0944. The molecular formula is C16H37N3O8. The Labute approximate surface area is 161 Å². The van der Waals surface area contributed by atoms with Gasteiger partial charge in [0.05, 0.1) is 26.4 Å². The number of aliphatic hydroxyl groups is 4. The first-order valence-corrected chi connectivity index (χ1v) is 9.18. The molecule has 11 heteroatoms. The Morgan fingerprint density at radius 3 is 1.04 bits per heavy atom. The molecule has 0 aromatic heterocycles. The lowest BCUT2D eigenvalue weighted by Crippen LogP contribution is -2.40. The fourth-order valence-corrected chi connectivity index (χ4v) is 2.30. The summed E-state index contributed by atoms with van der Waals surface area (Å²) in [4.78, 5) is 4.25. The second-order valence-corrected chi connectivity index (χ2v) is 5.58. The molecule has 0 fully saturated rings. The Hall–Kier alpha value is -0.440. The predicted octanol–water partition coefficient (Wildman–Crippen LogP) is -2.95. The van der Waals surface area contributed by atoms with Crippen molar-refractivity contribution in [3.8, 4) is 0 Å². The first-order chi connectivity index (χ1) is 13.3. The number of ether oxygens (including phenoxy) is 4. The zero-order chi connectivity index (χ0) is 20.0. The van der Waals surface area contributed by atoms with Gasteiger partial charge >= 0.3 is 0 Å². The van der Waals surface area contributed by atoms with Gasteiger partial charge < -0.3 is 44.7 Å². The lowest BCUT2D eigenvalue weighted by molar-refractivity contribution is -0.0248. The van der Waals surface area contributed by atoms with E-state index in [9.17, 15) is 0 Å². The van der Waals surface area contributed by atoms with Crippen molar-refractivity contribution in [3.05, 3.63) is 0 Å². The Morgan fingerprint density at radius 2 is 0.778 bits per heavy atom. The standard InChI is InChI=1S/C16H37N3O8/c20-13-24-9-5-18(6-10-25-14-21)3-1-17-2-4-19(7-11-26-15-22)8-12-27-16-23/h17,20-23H,1-16H2. The van der Waals surface area contributed by atoms with Crippen LogP contribution >= 0.6 is 0 Å². The largest absolute Gasteiger partial charge is 0.371 e. The van der Waals surface area contributed by atoms with Crippen LogP contribution in [0.3, 0.4) is 0 Å². The highest BCUT2D eigenvalue weighted by molar-refractivity contribution is 4.63. The van der Waals surface area contributed by atoms with Crippen molar-refractivity contribution in [1.29, 1.82) is 0 Å². The normalized spacial score (nSPS) is 11.8. The zero-order valence-electron chi connectivity index (χ0n) is 16.1. The number of hydrogen-bond donors (Lipinski definition) is 5. The van der Waals surface area contributed by atoms with E-state index in [1.807, 2.05) is 0 Å². The molecular weight excluding hydrogens is 362 g/mol. The van der Waals surface area contributed by atoms with Crippen LogP contribution < -0.4 is 5.32 Å². The van der Waals surface area contributed by atoms with Crippen LogP contribution in [0.15, 0.2) is 0 Å². The van der Waals surface area contributed by atoms with Gasteiger partial charge in [0, 0.05) is 52.4 Å². The van der Waals surface area contributed by atoms with Gasteiger partial charge in [0.15, 0.2) is 0 Å². The zero-order valence-corrected chi connectivity index (χ0v) is 16.1. The molecule has 0 amide bonds. The molecule has 0 spiro atoms. The van der Waals surface area contributed by atoms with E-state index in [1.165, 1.54) is 0 Å². The molecule has 0 atom stereocenters.